The van der Waals surface area contributed by atoms with E-state index in [1.807, 2.05) is 0 Å². The first-order valence-electron chi connectivity index (χ1n) is 2.02. The SMILES string of the molecule is ClC(Cl)[CH]CC(Cl)Cl. The Bertz CT molecular complexity index is 44.0. The lowest BCUT2D eigenvalue weighted by Crippen LogP contribution is -1.93. The van der Waals surface area contributed by atoms with Crippen molar-refractivity contribution in [2.45, 2.75) is 16.1 Å². The van der Waals surface area contributed by atoms with E-state index in [9.17, 15) is 0 Å². The number of rotatable bonds is 3. The third kappa shape index (κ3) is 7.16. The Morgan fingerprint density at radius 1 is 1.12 bits per heavy atom. The van der Waals surface area contributed by atoms with Gasteiger partial charge in [-0.25, -0.2) is 0 Å². The summed E-state index contributed by atoms with van der Waals surface area (Å²) in [6.45, 7) is 0. The minimum Gasteiger partial charge on any atom is -0.105 e. The maximum absolute atomic E-state index is 5.34. The van der Waals surface area contributed by atoms with Gasteiger partial charge in [-0.2, -0.15) is 0 Å². The monoisotopic (exact) mass is 193 g/mol. The van der Waals surface area contributed by atoms with Gasteiger partial charge in [0.1, 0.15) is 9.67 Å². The van der Waals surface area contributed by atoms with Gasteiger partial charge in [0.2, 0.25) is 0 Å². The molecule has 0 aliphatic carbocycles. The van der Waals surface area contributed by atoms with Crippen LogP contribution in [-0.2, 0) is 0 Å². The summed E-state index contributed by atoms with van der Waals surface area (Å²) in [7, 11) is 0. The molecule has 0 rings (SSSR count). The largest absolute Gasteiger partial charge is 0.111 e. The summed E-state index contributed by atoms with van der Waals surface area (Å²) in [5.74, 6) is 0. The molecule has 0 spiro atoms. The molecule has 49 valence electrons. The Hall–Kier alpha value is 1.16. The first-order chi connectivity index (χ1) is 3.63. The van der Waals surface area contributed by atoms with E-state index < -0.39 is 9.67 Å². The van der Waals surface area contributed by atoms with Crippen LogP contribution in [0.2, 0.25) is 0 Å². The van der Waals surface area contributed by atoms with Crippen molar-refractivity contribution in [3.63, 3.8) is 0 Å². The highest BCUT2D eigenvalue weighted by atomic mass is 35.5. The predicted octanol–water partition coefficient (Wildman–Crippen LogP) is 3.19. The van der Waals surface area contributed by atoms with Crippen molar-refractivity contribution in [3.05, 3.63) is 6.42 Å². The third-order valence-corrected chi connectivity index (χ3v) is 1.21. The zero-order valence-electron chi connectivity index (χ0n) is 3.95. The van der Waals surface area contributed by atoms with Gasteiger partial charge in [0, 0.05) is 0 Å². The second-order valence-corrected chi connectivity index (χ2v) is 3.64. The number of hydrogen-bond donors (Lipinski definition) is 0. The summed E-state index contributed by atoms with van der Waals surface area (Å²) in [5.41, 5.74) is 0. The Kier molecular flexibility index (Phi) is 5.71. The highest BCUT2D eigenvalue weighted by Crippen LogP contribution is 2.15. The van der Waals surface area contributed by atoms with Crippen LogP contribution in [0.5, 0.6) is 0 Å². The molecule has 0 saturated heterocycles. The molecule has 0 aliphatic heterocycles. The summed E-state index contributed by atoms with van der Waals surface area (Å²) in [4.78, 5) is -0.856. The van der Waals surface area contributed by atoms with Gasteiger partial charge < -0.3 is 0 Å². The maximum Gasteiger partial charge on any atom is 0.111 e. The summed E-state index contributed by atoms with van der Waals surface area (Å²) >= 11 is 21.3. The molecule has 4 heteroatoms. The van der Waals surface area contributed by atoms with Gasteiger partial charge >= 0.3 is 0 Å². The van der Waals surface area contributed by atoms with Crippen molar-refractivity contribution in [1.29, 1.82) is 0 Å². The van der Waals surface area contributed by atoms with Crippen molar-refractivity contribution in [2.24, 2.45) is 0 Å². The second kappa shape index (κ2) is 4.99. The van der Waals surface area contributed by atoms with E-state index in [1.54, 1.807) is 6.42 Å². The van der Waals surface area contributed by atoms with Crippen LogP contribution in [0, 0.1) is 6.42 Å². The normalized spacial score (nSPS) is 11.2. The molecule has 0 fully saturated rings. The van der Waals surface area contributed by atoms with Gasteiger partial charge in [-0.15, -0.1) is 46.4 Å². The van der Waals surface area contributed by atoms with E-state index in [-0.39, 0.29) is 0 Å². The van der Waals surface area contributed by atoms with E-state index in [1.165, 1.54) is 0 Å². The summed E-state index contributed by atoms with van der Waals surface area (Å²) in [6, 6.07) is 0. The van der Waals surface area contributed by atoms with Crippen molar-refractivity contribution < 1.29 is 0 Å². The standard InChI is InChI=1S/C4H5Cl4/c5-3(6)1-2-4(7)8/h1,3-4H,2H2. The summed E-state index contributed by atoms with van der Waals surface area (Å²) in [5, 5.41) is 0. The Labute approximate surface area is 69.0 Å². The van der Waals surface area contributed by atoms with Crippen LogP contribution in [0.15, 0.2) is 0 Å². The molecule has 0 N–H and O–H groups in total. The fourth-order valence-corrected chi connectivity index (χ4v) is 0.617. The lowest BCUT2D eigenvalue weighted by Gasteiger charge is -1.98. The van der Waals surface area contributed by atoms with Gasteiger partial charge in [-0.3, -0.25) is 0 Å². The zero-order chi connectivity index (χ0) is 6.57. The van der Waals surface area contributed by atoms with Gasteiger partial charge in [0.15, 0.2) is 0 Å². The Balaban J connectivity index is 2.93. The third-order valence-electron chi connectivity index (χ3n) is 0.492. The molecule has 0 nitrogen and oxygen atoms in total. The summed E-state index contributed by atoms with van der Waals surface area (Å²) < 4.78 is 0. The van der Waals surface area contributed by atoms with Gasteiger partial charge in [0.05, 0.1) is 0 Å². The number of hydrogen-bond acceptors (Lipinski definition) is 0. The quantitative estimate of drug-likeness (QED) is 0.606. The molecule has 0 saturated carbocycles. The van der Waals surface area contributed by atoms with E-state index in [4.69, 9.17) is 46.4 Å². The Morgan fingerprint density at radius 3 is 1.75 bits per heavy atom. The molecule has 0 amide bonds. The number of alkyl halides is 4. The molecule has 0 aromatic heterocycles. The predicted molar refractivity (Wildman–Crippen MR) is 39.9 cm³/mol. The molecule has 0 unspecified atom stereocenters. The fourth-order valence-electron chi connectivity index (χ4n) is 0.206. The molecule has 0 atom stereocenters. The molecule has 0 bridgehead atoms. The van der Waals surface area contributed by atoms with Crippen molar-refractivity contribution in [1.82, 2.24) is 0 Å². The molecular weight excluding hydrogens is 190 g/mol. The number of halogens is 4. The van der Waals surface area contributed by atoms with E-state index in [0.29, 0.717) is 6.42 Å². The molecule has 0 aromatic carbocycles. The molecule has 0 aliphatic rings. The smallest absolute Gasteiger partial charge is 0.105 e. The van der Waals surface area contributed by atoms with Crippen LogP contribution in [0.1, 0.15) is 6.42 Å². The van der Waals surface area contributed by atoms with Gasteiger partial charge in [0.25, 0.3) is 0 Å². The minimum absolute atomic E-state index is 0.394. The average molecular weight is 195 g/mol. The average Bonchev–Trinajstić information content (AvgIpc) is 1.61. The highest BCUT2D eigenvalue weighted by Gasteiger charge is 2.02. The van der Waals surface area contributed by atoms with Gasteiger partial charge in [-0.1, -0.05) is 0 Å². The van der Waals surface area contributed by atoms with Gasteiger partial charge in [-0.05, 0) is 12.8 Å². The van der Waals surface area contributed by atoms with Crippen LogP contribution in [0.25, 0.3) is 0 Å². The fraction of sp³-hybridized carbons (Fsp3) is 0.750. The summed E-state index contributed by atoms with van der Waals surface area (Å²) in [6.07, 6.45) is 2.16. The first-order valence-corrected chi connectivity index (χ1v) is 3.77. The highest BCUT2D eigenvalue weighted by molar-refractivity contribution is 6.46. The topological polar surface area (TPSA) is 0 Å². The van der Waals surface area contributed by atoms with Crippen LogP contribution in [-0.4, -0.2) is 9.67 Å². The van der Waals surface area contributed by atoms with Crippen LogP contribution in [0.3, 0.4) is 0 Å². The lowest BCUT2D eigenvalue weighted by atomic mass is 10.4. The molecule has 1 radical (unpaired) electrons. The van der Waals surface area contributed by atoms with Crippen LogP contribution in [0.4, 0.5) is 0 Å². The van der Waals surface area contributed by atoms with Crippen molar-refractivity contribution >= 4 is 46.4 Å². The van der Waals surface area contributed by atoms with Crippen LogP contribution < -0.4 is 0 Å². The molecule has 8 heavy (non-hydrogen) atoms. The van der Waals surface area contributed by atoms with E-state index in [0.717, 1.165) is 0 Å². The maximum atomic E-state index is 5.34. The molecule has 0 heterocycles. The van der Waals surface area contributed by atoms with Crippen molar-refractivity contribution in [3.8, 4) is 0 Å². The minimum atomic E-state index is -0.463. The molecular formula is C4H5Cl4. The van der Waals surface area contributed by atoms with Crippen molar-refractivity contribution in [2.75, 3.05) is 0 Å². The van der Waals surface area contributed by atoms with E-state index in [2.05, 4.69) is 0 Å². The van der Waals surface area contributed by atoms with E-state index >= 15 is 0 Å². The van der Waals surface area contributed by atoms with Crippen LogP contribution >= 0.6 is 46.4 Å². The zero-order valence-corrected chi connectivity index (χ0v) is 6.97. The molecule has 0 aromatic rings. The first kappa shape index (κ1) is 9.16. The lowest BCUT2D eigenvalue weighted by molar-refractivity contribution is 1.03. The second-order valence-electron chi connectivity index (χ2n) is 1.20. The Morgan fingerprint density at radius 2 is 1.62 bits per heavy atom.